The Morgan fingerprint density at radius 1 is 1.44 bits per heavy atom. The lowest BCUT2D eigenvalue weighted by molar-refractivity contribution is 0.0454. The molecule has 5 nitrogen and oxygen atoms in total. The molecule has 1 heterocycles. The Bertz CT molecular complexity index is 240. The third-order valence-corrected chi connectivity index (χ3v) is 2.41. The molecular weight excluding hydrogens is 206 g/mol. The quantitative estimate of drug-likeness (QED) is 0.661. The first-order chi connectivity index (χ1) is 7.26. The summed E-state index contributed by atoms with van der Waals surface area (Å²) < 4.78 is 5.20. The Hall–Kier alpha value is -0.810. The van der Waals surface area contributed by atoms with E-state index in [1.165, 1.54) is 0 Å². The van der Waals surface area contributed by atoms with Crippen molar-refractivity contribution in [3.63, 3.8) is 0 Å². The summed E-state index contributed by atoms with van der Waals surface area (Å²) in [4.78, 5) is 11.5. The summed E-state index contributed by atoms with van der Waals surface area (Å²) in [6, 6.07) is 0.0867. The van der Waals surface area contributed by atoms with Crippen LogP contribution >= 0.6 is 0 Å². The van der Waals surface area contributed by atoms with Crippen molar-refractivity contribution in [3.8, 4) is 0 Å². The fourth-order valence-corrected chi connectivity index (χ4v) is 1.97. The van der Waals surface area contributed by atoms with E-state index in [2.05, 4.69) is 12.2 Å². The van der Waals surface area contributed by atoms with Crippen LogP contribution in [0.1, 0.15) is 34.1 Å². The van der Waals surface area contributed by atoms with Crippen LogP contribution in [0.5, 0.6) is 0 Å². The Kier molecular flexibility index (Phi) is 4.15. The minimum Gasteiger partial charge on any atom is -0.444 e. The van der Waals surface area contributed by atoms with Crippen LogP contribution in [0, 0.1) is 5.92 Å². The summed E-state index contributed by atoms with van der Waals surface area (Å²) in [5, 5.41) is 4.60. The van der Waals surface area contributed by atoms with E-state index in [0.717, 1.165) is 13.0 Å². The number of hydrogen-bond acceptors (Lipinski definition) is 4. The number of nitrogens with two attached hydrogens (primary N) is 1. The SMILES string of the molecule is C[C@@H]1C[C@H](NC(=O)OC(C)(C)C)CN(N)C1. The van der Waals surface area contributed by atoms with Crippen molar-refractivity contribution in [2.45, 2.75) is 45.8 Å². The molecule has 1 rings (SSSR count). The molecule has 3 N–H and O–H groups in total. The standard InChI is InChI=1S/C11H23N3O2/c1-8-5-9(7-14(12)6-8)13-10(15)16-11(2,3)4/h8-9H,5-7,12H2,1-4H3,(H,13,15)/t8-,9+/m1/s1. The molecule has 94 valence electrons. The van der Waals surface area contributed by atoms with Gasteiger partial charge in [-0.15, -0.1) is 0 Å². The molecule has 0 aromatic rings. The van der Waals surface area contributed by atoms with E-state index in [4.69, 9.17) is 10.6 Å². The molecular formula is C11H23N3O2. The van der Waals surface area contributed by atoms with Crippen LogP contribution in [-0.2, 0) is 4.74 Å². The van der Waals surface area contributed by atoms with Crippen LogP contribution in [0.4, 0.5) is 4.79 Å². The van der Waals surface area contributed by atoms with Crippen LogP contribution in [0.2, 0.25) is 0 Å². The van der Waals surface area contributed by atoms with Crippen LogP contribution in [0.15, 0.2) is 0 Å². The van der Waals surface area contributed by atoms with Gasteiger partial charge in [-0.25, -0.2) is 9.80 Å². The number of rotatable bonds is 1. The summed E-state index contributed by atoms with van der Waals surface area (Å²) in [6.07, 6.45) is 0.590. The highest BCUT2D eigenvalue weighted by Crippen LogP contribution is 2.14. The molecule has 5 heteroatoms. The third-order valence-electron chi connectivity index (χ3n) is 2.41. The van der Waals surface area contributed by atoms with Crippen molar-refractivity contribution in [2.75, 3.05) is 13.1 Å². The fourth-order valence-electron chi connectivity index (χ4n) is 1.97. The number of hydrogen-bond donors (Lipinski definition) is 2. The van der Waals surface area contributed by atoms with Crippen molar-refractivity contribution in [2.24, 2.45) is 11.8 Å². The Morgan fingerprint density at radius 2 is 2.06 bits per heavy atom. The van der Waals surface area contributed by atoms with E-state index in [1.807, 2.05) is 20.8 Å². The third kappa shape index (κ3) is 4.81. The van der Waals surface area contributed by atoms with E-state index in [0.29, 0.717) is 12.5 Å². The zero-order valence-corrected chi connectivity index (χ0v) is 10.6. The predicted molar refractivity (Wildman–Crippen MR) is 62.7 cm³/mol. The van der Waals surface area contributed by atoms with Gasteiger partial charge in [-0.1, -0.05) is 6.92 Å². The van der Waals surface area contributed by atoms with Gasteiger partial charge >= 0.3 is 6.09 Å². The van der Waals surface area contributed by atoms with Gasteiger partial charge in [0.1, 0.15) is 5.60 Å². The molecule has 1 aliphatic heterocycles. The average Bonchev–Trinajstić information content (AvgIpc) is 1.96. The van der Waals surface area contributed by atoms with Crippen LogP contribution in [0.3, 0.4) is 0 Å². The summed E-state index contributed by atoms with van der Waals surface area (Å²) >= 11 is 0. The second kappa shape index (κ2) is 5.01. The van der Waals surface area contributed by atoms with E-state index < -0.39 is 5.60 Å². The predicted octanol–water partition coefficient (Wildman–Crippen LogP) is 1.10. The van der Waals surface area contributed by atoms with Gasteiger partial charge in [0.15, 0.2) is 0 Å². The molecule has 1 amide bonds. The zero-order valence-electron chi connectivity index (χ0n) is 10.6. The van der Waals surface area contributed by atoms with Gasteiger partial charge in [-0.3, -0.25) is 5.84 Å². The first-order valence-electron chi connectivity index (χ1n) is 5.75. The molecule has 0 spiro atoms. The average molecular weight is 229 g/mol. The monoisotopic (exact) mass is 229 g/mol. The van der Waals surface area contributed by atoms with Gasteiger partial charge in [0.05, 0.1) is 0 Å². The maximum absolute atomic E-state index is 11.5. The molecule has 16 heavy (non-hydrogen) atoms. The maximum Gasteiger partial charge on any atom is 0.407 e. The molecule has 1 fully saturated rings. The van der Waals surface area contributed by atoms with Crippen LogP contribution < -0.4 is 11.2 Å². The normalized spacial score (nSPS) is 27.6. The Labute approximate surface area is 97.3 Å². The number of nitrogens with one attached hydrogen (secondary N) is 1. The zero-order chi connectivity index (χ0) is 12.3. The van der Waals surface area contributed by atoms with E-state index >= 15 is 0 Å². The molecule has 0 aromatic carbocycles. The molecule has 0 saturated carbocycles. The minimum atomic E-state index is -0.452. The first-order valence-corrected chi connectivity index (χ1v) is 5.75. The number of carbonyl (C=O) groups is 1. The van der Waals surface area contributed by atoms with Crippen molar-refractivity contribution < 1.29 is 9.53 Å². The Morgan fingerprint density at radius 3 is 2.56 bits per heavy atom. The van der Waals surface area contributed by atoms with E-state index in [1.54, 1.807) is 5.01 Å². The lowest BCUT2D eigenvalue weighted by Crippen LogP contribution is -2.53. The van der Waals surface area contributed by atoms with Gasteiger partial charge in [-0.05, 0) is 33.1 Å². The second-order valence-corrected chi connectivity index (χ2v) is 5.64. The fraction of sp³-hybridized carbons (Fsp3) is 0.909. The van der Waals surface area contributed by atoms with Gasteiger partial charge < -0.3 is 10.1 Å². The second-order valence-electron chi connectivity index (χ2n) is 5.64. The summed E-state index contributed by atoms with van der Waals surface area (Å²) in [7, 11) is 0. The number of nitrogens with zero attached hydrogens (tertiary/aromatic N) is 1. The highest BCUT2D eigenvalue weighted by atomic mass is 16.6. The molecule has 0 aromatic heterocycles. The number of alkyl carbamates (subject to hydrolysis) is 1. The summed E-state index contributed by atoms with van der Waals surface area (Å²) in [6.45, 7) is 9.25. The topological polar surface area (TPSA) is 67.6 Å². The van der Waals surface area contributed by atoms with Gasteiger partial charge in [-0.2, -0.15) is 0 Å². The lowest BCUT2D eigenvalue weighted by Gasteiger charge is -2.34. The summed E-state index contributed by atoms with van der Waals surface area (Å²) in [5.41, 5.74) is -0.452. The molecule has 2 atom stereocenters. The molecule has 1 saturated heterocycles. The number of ether oxygens (including phenoxy) is 1. The van der Waals surface area contributed by atoms with Gasteiger partial charge in [0.25, 0.3) is 0 Å². The largest absolute Gasteiger partial charge is 0.444 e. The molecule has 0 radical (unpaired) electrons. The van der Waals surface area contributed by atoms with Crippen molar-refractivity contribution in [1.82, 2.24) is 10.3 Å². The van der Waals surface area contributed by atoms with Crippen molar-refractivity contribution in [1.29, 1.82) is 0 Å². The van der Waals surface area contributed by atoms with Crippen molar-refractivity contribution >= 4 is 6.09 Å². The molecule has 0 aliphatic carbocycles. The van der Waals surface area contributed by atoms with E-state index in [9.17, 15) is 4.79 Å². The highest BCUT2D eigenvalue weighted by molar-refractivity contribution is 5.68. The highest BCUT2D eigenvalue weighted by Gasteiger charge is 2.26. The minimum absolute atomic E-state index is 0.0867. The summed E-state index contributed by atoms with van der Waals surface area (Å²) in [5.74, 6) is 6.26. The number of hydrazine groups is 1. The van der Waals surface area contributed by atoms with Crippen molar-refractivity contribution in [3.05, 3.63) is 0 Å². The first kappa shape index (κ1) is 13.3. The number of piperidine rings is 1. The molecule has 0 unspecified atom stereocenters. The Balaban J connectivity index is 2.39. The van der Waals surface area contributed by atoms with Gasteiger partial charge in [0, 0.05) is 19.1 Å². The lowest BCUT2D eigenvalue weighted by atomic mass is 9.97. The maximum atomic E-state index is 11.5. The number of amides is 1. The van der Waals surface area contributed by atoms with E-state index in [-0.39, 0.29) is 12.1 Å². The van der Waals surface area contributed by atoms with Crippen LogP contribution in [-0.4, -0.2) is 35.8 Å². The van der Waals surface area contributed by atoms with Crippen LogP contribution in [0.25, 0.3) is 0 Å². The molecule has 1 aliphatic rings. The van der Waals surface area contributed by atoms with Gasteiger partial charge in [0.2, 0.25) is 0 Å². The number of carbonyl (C=O) groups excluding carboxylic acids is 1. The molecule has 0 bridgehead atoms. The smallest absolute Gasteiger partial charge is 0.407 e.